The van der Waals surface area contributed by atoms with Gasteiger partial charge in [0.1, 0.15) is 5.58 Å². The summed E-state index contributed by atoms with van der Waals surface area (Å²) in [5.41, 5.74) is 3.40. The van der Waals surface area contributed by atoms with Crippen LogP contribution >= 0.6 is 0 Å². The molecule has 1 aliphatic heterocycles. The zero-order valence-corrected chi connectivity index (χ0v) is 15.9. The van der Waals surface area contributed by atoms with Crippen LogP contribution in [0.5, 0.6) is 0 Å². The molecule has 0 bridgehead atoms. The zero-order valence-electron chi connectivity index (χ0n) is 15.9. The summed E-state index contributed by atoms with van der Waals surface area (Å²) in [7, 11) is 0. The normalized spacial score (nSPS) is 17.1. The van der Waals surface area contributed by atoms with Crippen molar-refractivity contribution >= 4 is 22.6 Å². The van der Waals surface area contributed by atoms with E-state index < -0.39 is 0 Å². The van der Waals surface area contributed by atoms with Crippen molar-refractivity contribution in [1.82, 2.24) is 4.90 Å². The van der Waals surface area contributed by atoms with E-state index >= 15 is 0 Å². The van der Waals surface area contributed by atoms with Crippen LogP contribution in [0.15, 0.2) is 28.9 Å². The highest BCUT2D eigenvalue weighted by Crippen LogP contribution is 2.36. The van der Waals surface area contributed by atoms with Crippen molar-refractivity contribution in [2.45, 2.75) is 52.9 Å². The average Bonchev–Trinajstić information content (AvgIpc) is 2.97. The van der Waals surface area contributed by atoms with Crippen LogP contribution in [0, 0.1) is 5.41 Å². The van der Waals surface area contributed by atoms with Crippen LogP contribution < -0.4 is 5.32 Å². The van der Waals surface area contributed by atoms with Gasteiger partial charge in [0.15, 0.2) is 0 Å². The predicted molar refractivity (Wildman–Crippen MR) is 103 cm³/mol. The highest BCUT2D eigenvalue weighted by molar-refractivity contribution is 5.94. The van der Waals surface area contributed by atoms with Crippen LogP contribution in [0.4, 0.5) is 5.69 Å². The molecule has 1 aliphatic rings. The van der Waals surface area contributed by atoms with E-state index in [1.165, 1.54) is 5.56 Å². The minimum absolute atomic E-state index is 0.0416. The van der Waals surface area contributed by atoms with Gasteiger partial charge < -0.3 is 14.6 Å². The number of carbonyl (C=O) groups excluding carboxylic acids is 1. The predicted octanol–water partition coefficient (Wildman–Crippen LogP) is 5.01. The number of amides is 1. The minimum Gasteiger partial charge on any atom is -0.464 e. The summed E-state index contributed by atoms with van der Waals surface area (Å²) in [5.74, 6) is 0.578. The maximum absolute atomic E-state index is 11.7. The Kier molecular flexibility index (Phi) is 5.19. The maximum atomic E-state index is 11.7. The number of nitrogens with one attached hydrogen (secondary N) is 1. The summed E-state index contributed by atoms with van der Waals surface area (Å²) in [6.07, 6.45) is 4.73. The van der Waals surface area contributed by atoms with Gasteiger partial charge in [0.05, 0.1) is 6.26 Å². The van der Waals surface area contributed by atoms with Gasteiger partial charge in [0, 0.05) is 29.6 Å². The molecule has 0 aliphatic carbocycles. The second-order valence-corrected chi connectivity index (χ2v) is 8.41. The van der Waals surface area contributed by atoms with E-state index in [1.54, 1.807) is 0 Å². The number of carbonyl (C=O) groups is 1. The molecule has 0 atom stereocenters. The Morgan fingerprint density at radius 3 is 2.64 bits per heavy atom. The highest BCUT2D eigenvalue weighted by Gasteiger charge is 2.26. The number of rotatable bonds is 4. The van der Waals surface area contributed by atoms with Gasteiger partial charge in [-0.25, -0.2) is 0 Å². The Bertz CT molecular complexity index is 734. The van der Waals surface area contributed by atoms with Crippen molar-refractivity contribution in [3.8, 4) is 0 Å². The van der Waals surface area contributed by atoms with E-state index in [4.69, 9.17) is 4.42 Å². The number of fused-ring (bicyclic) bond motifs is 1. The number of furan rings is 1. The molecular formula is C21H30N2O2. The molecule has 3 rings (SSSR count). The fourth-order valence-corrected chi connectivity index (χ4v) is 3.76. The molecule has 0 spiro atoms. The molecule has 0 saturated carbocycles. The third kappa shape index (κ3) is 4.43. The smallest absolute Gasteiger partial charge is 0.224 e. The van der Waals surface area contributed by atoms with E-state index in [1.807, 2.05) is 25.3 Å². The number of nitrogens with zero attached hydrogens (tertiary/aromatic N) is 1. The zero-order chi connectivity index (χ0) is 18.0. The fraction of sp³-hybridized carbons (Fsp3) is 0.571. The first kappa shape index (κ1) is 18.0. The SMILES string of the molecule is CCC(=O)Nc1ccc2occ(C3CCN(CC(C)(C)C)CC3)c2c1. The number of likely N-dealkylation sites (tertiary alicyclic amines) is 1. The molecule has 1 saturated heterocycles. The van der Waals surface area contributed by atoms with E-state index in [-0.39, 0.29) is 5.91 Å². The highest BCUT2D eigenvalue weighted by atomic mass is 16.3. The van der Waals surface area contributed by atoms with Gasteiger partial charge in [0.2, 0.25) is 5.91 Å². The first-order valence-electron chi connectivity index (χ1n) is 9.39. The number of hydrogen-bond acceptors (Lipinski definition) is 3. The van der Waals surface area contributed by atoms with Crippen LogP contribution in [-0.4, -0.2) is 30.4 Å². The molecule has 25 heavy (non-hydrogen) atoms. The Labute approximate surface area is 150 Å². The quantitative estimate of drug-likeness (QED) is 0.850. The fourth-order valence-electron chi connectivity index (χ4n) is 3.76. The lowest BCUT2D eigenvalue weighted by molar-refractivity contribution is -0.115. The molecule has 4 nitrogen and oxygen atoms in total. The number of hydrogen-bond donors (Lipinski definition) is 1. The number of benzene rings is 1. The third-order valence-electron chi connectivity index (χ3n) is 4.93. The Morgan fingerprint density at radius 2 is 2.00 bits per heavy atom. The largest absolute Gasteiger partial charge is 0.464 e. The molecule has 2 heterocycles. The second-order valence-electron chi connectivity index (χ2n) is 8.41. The Balaban J connectivity index is 1.73. The molecule has 1 N–H and O–H groups in total. The van der Waals surface area contributed by atoms with Gasteiger partial charge in [-0.15, -0.1) is 0 Å². The maximum Gasteiger partial charge on any atom is 0.224 e. The third-order valence-corrected chi connectivity index (χ3v) is 4.93. The van der Waals surface area contributed by atoms with E-state index in [0.717, 1.165) is 49.1 Å². The summed E-state index contributed by atoms with van der Waals surface area (Å²) in [4.78, 5) is 14.2. The topological polar surface area (TPSA) is 45.5 Å². The molecule has 1 aromatic heterocycles. The van der Waals surface area contributed by atoms with Crippen molar-refractivity contribution in [3.63, 3.8) is 0 Å². The summed E-state index contributed by atoms with van der Waals surface area (Å²) in [5, 5.41) is 4.09. The number of piperidine rings is 1. The van der Waals surface area contributed by atoms with Crippen LogP contribution in [0.2, 0.25) is 0 Å². The van der Waals surface area contributed by atoms with Crippen molar-refractivity contribution < 1.29 is 9.21 Å². The van der Waals surface area contributed by atoms with E-state index in [2.05, 4.69) is 37.1 Å². The molecule has 4 heteroatoms. The average molecular weight is 342 g/mol. The summed E-state index contributed by atoms with van der Waals surface area (Å²) in [6, 6.07) is 5.93. The lowest BCUT2D eigenvalue weighted by Gasteiger charge is -2.35. The van der Waals surface area contributed by atoms with Crippen LogP contribution in [-0.2, 0) is 4.79 Å². The molecule has 0 radical (unpaired) electrons. The number of anilines is 1. The summed E-state index contributed by atoms with van der Waals surface area (Å²) in [6.45, 7) is 12.2. The lowest BCUT2D eigenvalue weighted by Crippen LogP contribution is -2.38. The standard InChI is InChI=1S/C21H30N2O2/c1-5-20(24)22-16-6-7-19-17(12-16)18(13-25-19)15-8-10-23(11-9-15)14-21(2,3)4/h6-7,12-13,15H,5,8-11,14H2,1-4H3,(H,22,24). The van der Waals surface area contributed by atoms with Gasteiger partial charge >= 0.3 is 0 Å². The molecule has 136 valence electrons. The van der Waals surface area contributed by atoms with Gasteiger partial charge in [-0.1, -0.05) is 27.7 Å². The molecule has 1 aromatic carbocycles. The van der Waals surface area contributed by atoms with Gasteiger partial charge in [-0.3, -0.25) is 4.79 Å². The first-order valence-corrected chi connectivity index (χ1v) is 9.39. The molecular weight excluding hydrogens is 312 g/mol. The lowest BCUT2D eigenvalue weighted by atomic mass is 9.87. The van der Waals surface area contributed by atoms with Crippen molar-refractivity contribution in [2.75, 3.05) is 25.0 Å². The van der Waals surface area contributed by atoms with Crippen molar-refractivity contribution in [1.29, 1.82) is 0 Å². The molecule has 2 aromatic rings. The second kappa shape index (κ2) is 7.20. The van der Waals surface area contributed by atoms with Crippen LogP contribution in [0.1, 0.15) is 58.4 Å². The summed E-state index contributed by atoms with van der Waals surface area (Å²) < 4.78 is 5.77. The van der Waals surface area contributed by atoms with Gasteiger partial charge in [0.25, 0.3) is 0 Å². The first-order chi connectivity index (χ1) is 11.9. The van der Waals surface area contributed by atoms with E-state index in [0.29, 0.717) is 17.8 Å². The van der Waals surface area contributed by atoms with E-state index in [9.17, 15) is 4.79 Å². The summed E-state index contributed by atoms with van der Waals surface area (Å²) >= 11 is 0. The van der Waals surface area contributed by atoms with Crippen molar-refractivity contribution in [3.05, 3.63) is 30.0 Å². The van der Waals surface area contributed by atoms with Crippen LogP contribution in [0.3, 0.4) is 0 Å². The molecule has 0 unspecified atom stereocenters. The minimum atomic E-state index is 0.0416. The molecule has 1 fully saturated rings. The Morgan fingerprint density at radius 1 is 1.28 bits per heavy atom. The monoisotopic (exact) mass is 342 g/mol. The van der Waals surface area contributed by atoms with Crippen molar-refractivity contribution in [2.24, 2.45) is 5.41 Å². The van der Waals surface area contributed by atoms with Crippen LogP contribution in [0.25, 0.3) is 11.0 Å². The Hall–Kier alpha value is -1.81. The van der Waals surface area contributed by atoms with Gasteiger partial charge in [-0.05, 0) is 55.5 Å². The molecule has 1 amide bonds. The van der Waals surface area contributed by atoms with Gasteiger partial charge in [-0.2, -0.15) is 0 Å².